The van der Waals surface area contributed by atoms with Gasteiger partial charge in [-0.05, 0) is 46.5 Å². The summed E-state index contributed by atoms with van der Waals surface area (Å²) in [6.07, 6.45) is 3.01. The molecule has 0 aromatic heterocycles. The van der Waals surface area contributed by atoms with E-state index in [-0.39, 0.29) is 30.4 Å². The summed E-state index contributed by atoms with van der Waals surface area (Å²) in [4.78, 5) is 26.5. The maximum atomic E-state index is 12.5. The highest BCUT2D eigenvalue weighted by molar-refractivity contribution is 5.89. The molecular weight excluding hydrogens is 272 g/mol. The van der Waals surface area contributed by atoms with E-state index in [9.17, 15) is 14.7 Å². The van der Waals surface area contributed by atoms with Gasteiger partial charge in [0.05, 0.1) is 6.04 Å². The molecule has 4 atom stereocenters. The summed E-state index contributed by atoms with van der Waals surface area (Å²) in [6, 6.07) is -1.28. The quantitative estimate of drug-likeness (QED) is 0.721. The number of ether oxygens (including phenoxy) is 1. The second kappa shape index (κ2) is 5.93. The number of carbonyl (C=O) groups excluding carboxylic acids is 2. The molecule has 0 saturated carbocycles. The minimum atomic E-state index is -0.728. The number of aliphatic hydroxyl groups is 1. The van der Waals surface area contributed by atoms with Gasteiger partial charge in [-0.25, -0.2) is 4.79 Å². The Balaban J connectivity index is 2.17. The van der Waals surface area contributed by atoms with E-state index in [4.69, 9.17) is 10.5 Å². The van der Waals surface area contributed by atoms with Crippen molar-refractivity contribution in [3.05, 3.63) is 0 Å². The van der Waals surface area contributed by atoms with Crippen LogP contribution in [0.25, 0.3) is 0 Å². The van der Waals surface area contributed by atoms with Gasteiger partial charge in [0.15, 0.2) is 0 Å². The zero-order valence-electron chi connectivity index (χ0n) is 13.0. The van der Waals surface area contributed by atoms with E-state index in [0.717, 1.165) is 12.8 Å². The molecule has 0 aromatic carbocycles. The Morgan fingerprint density at radius 1 is 1.43 bits per heavy atom. The largest absolute Gasteiger partial charge is 0.458 e. The summed E-state index contributed by atoms with van der Waals surface area (Å²) in [5, 5.41) is 9.36. The molecule has 3 N–H and O–H groups in total. The van der Waals surface area contributed by atoms with Crippen molar-refractivity contribution in [1.29, 1.82) is 0 Å². The minimum Gasteiger partial charge on any atom is -0.458 e. The average Bonchev–Trinajstić information content (AvgIpc) is 2.40. The molecule has 6 nitrogen and oxygen atoms in total. The molecule has 0 spiro atoms. The number of carbonyl (C=O) groups is 2. The maximum Gasteiger partial charge on any atom is 0.329 e. The molecule has 2 rings (SSSR count). The van der Waals surface area contributed by atoms with Crippen molar-refractivity contribution in [3.63, 3.8) is 0 Å². The third kappa shape index (κ3) is 3.37. The number of nitrogens with zero attached hydrogens (tertiary/aromatic N) is 1. The molecule has 2 saturated heterocycles. The molecular formula is C15H26N2O4. The van der Waals surface area contributed by atoms with Gasteiger partial charge >= 0.3 is 5.97 Å². The van der Waals surface area contributed by atoms with Crippen molar-refractivity contribution in [2.75, 3.05) is 6.61 Å². The lowest BCUT2D eigenvalue weighted by Crippen LogP contribution is -2.64. The maximum absolute atomic E-state index is 12.5. The van der Waals surface area contributed by atoms with E-state index < -0.39 is 17.7 Å². The lowest BCUT2D eigenvalue weighted by Gasteiger charge is -2.48. The summed E-state index contributed by atoms with van der Waals surface area (Å²) >= 11 is 0. The summed E-state index contributed by atoms with van der Waals surface area (Å²) in [6.45, 7) is 5.36. The lowest BCUT2D eigenvalue weighted by atomic mass is 9.81. The van der Waals surface area contributed by atoms with Gasteiger partial charge in [-0.2, -0.15) is 0 Å². The van der Waals surface area contributed by atoms with E-state index in [1.165, 1.54) is 0 Å². The van der Waals surface area contributed by atoms with Crippen molar-refractivity contribution < 1.29 is 19.4 Å². The standard InChI is InChI=1S/C15H26N2O4/c1-15(2,3)21-14(20)11-6-4-5-10-7-9(8-18)12(16)13(19)17(10)11/h9-12,18H,4-8,16H2,1-3H3. The van der Waals surface area contributed by atoms with Gasteiger partial charge in [0.25, 0.3) is 0 Å². The Kier molecular flexibility index (Phi) is 4.58. The first-order valence-electron chi connectivity index (χ1n) is 7.66. The highest BCUT2D eigenvalue weighted by Crippen LogP contribution is 2.34. The number of fused-ring (bicyclic) bond motifs is 1. The molecule has 0 radical (unpaired) electrons. The van der Waals surface area contributed by atoms with E-state index in [1.54, 1.807) is 4.90 Å². The van der Waals surface area contributed by atoms with E-state index >= 15 is 0 Å². The van der Waals surface area contributed by atoms with Gasteiger partial charge in [-0.15, -0.1) is 0 Å². The van der Waals surface area contributed by atoms with Crippen LogP contribution in [0.1, 0.15) is 46.5 Å². The molecule has 6 heteroatoms. The van der Waals surface area contributed by atoms with Crippen molar-refractivity contribution in [3.8, 4) is 0 Å². The summed E-state index contributed by atoms with van der Waals surface area (Å²) in [5.41, 5.74) is 5.36. The van der Waals surface area contributed by atoms with Crippen LogP contribution in [-0.2, 0) is 14.3 Å². The van der Waals surface area contributed by atoms with Crippen molar-refractivity contribution in [2.24, 2.45) is 11.7 Å². The zero-order valence-corrected chi connectivity index (χ0v) is 13.0. The first kappa shape index (κ1) is 16.2. The Labute approximate surface area is 125 Å². The first-order chi connectivity index (χ1) is 9.74. The van der Waals surface area contributed by atoms with Crippen molar-refractivity contribution in [1.82, 2.24) is 4.90 Å². The average molecular weight is 298 g/mol. The third-order valence-corrected chi connectivity index (χ3v) is 4.28. The number of hydrogen-bond acceptors (Lipinski definition) is 5. The number of amides is 1. The number of piperidine rings is 2. The molecule has 2 heterocycles. The molecule has 2 aliphatic rings. The molecule has 0 bridgehead atoms. The molecule has 0 aliphatic carbocycles. The van der Waals surface area contributed by atoms with Crippen LogP contribution in [0, 0.1) is 5.92 Å². The van der Waals surface area contributed by atoms with Gasteiger partial charge in [-0.3, -0.25) is 4.79 Å². The molecule has 1 amide bonds. The molecule has 21 heavy (non-hydrogen) atoms. The Hall–Kier alpha value is -1.14. The molecule has 0 aromatic rings. The number of esters is 1. The smallest absolute Gasteiger partial charge is 0.329 e. The summed E-state index contributed by atoms with van der Waals surface area (Å²) < 4.78 is 5.44. The summed E-state index contributed by atoms with van der Waals surface area (Å²) in [5.74, 6) is -0.799. The fraction of sp³-hybridized carbons (Fsp3) is 0.867. The SMILES string of the molecule is CC(C)(C)OC(=O)C1CCCC2CC(CO)C(N)C(=O)N21. The zero-order chi connectivity index (χ0) is 15.8. The van der Waals surface area contributed by atoms with Crippen LogP contribution < -0.4 is 5.73 Å². The van der Waals surface area contributed by atoms with Crippen LogP contribution in [0.15, 0.2) is 0 Å². The highest BCUT2D eigenvalue weighted by Gasteiger charge is 2.47. The number of rotatable bonds is 2. The van der Waals surface area contributed by atoms with E-state index in [2.05, 4.69) is 0 Å². The van der Waals surface area contributed by atoms with Crippen LogP contribution in [0.4, 0.5) is 0 Å². The van der Waals surface area contributed by atoms with Gasteiger partial charge in [-0.1, -0.05) is 0 Å². The predicted octanol–water partition coefficient (Wildman–Crippen LogP) is 0.417. The van der Waals surface area contributed by atoms with Crippen molar-refractivity contribution >= 4 is 11.9 Å². The van der Waals surface area contributed by atoms with Crippen LogP contribution in [-0.4, -0.2) is 52.2 Å². The van der Waals surface area contributed by atoms with Crippen LogP contribution >= 0.6 is 0 Å². The van der Waals surface area contributed by atoms with Gasteiger partial charge in [0, 0.05) is 18.6 Å². The molecule has 120 valence electrons. The van der Waals surface area contributed by atoms with Crippen LogP contribution in [0.5, 0.6) is 0 Å². The second-order valence-electron chi connectivity index (χ2n) is 7.08. The number of nitrogens with two attached hydrogens (primary N) is 1. The van der Waals surface area contributed by atoms with Gasteiger partial charge in [0.2, 0.25) is 5.91 Å². The topological polar surface area (TPSA) is 92.9 Å². The Bertz CT molecular complexity index is 418. The Morgan fingerprint density at radius 3 is 2.67 bits per heavy atom. The number of hydrogen-bond donors (Lipinski definition) is 2. The second-order valence-corrected chi connectivity index (χ2v) is 7.08. The first-order valence-corrected chi connectivity index (χ1v) is 7.66. The molecule has 4 unspecified atom stereocenters. The Morgan fingerprint density at radius 2 is 2.10 bits per heavy atom. The van der Waals surface area contributed by atoms with Gasteiger partial charge < -0.3 is 20.5 Å². The lowest BCUT2D eigenvalue weighted by molar-refractivity contribution is -0.172. The fourth-order valence-corrected chi connectivity index (χ4v) is 3.30. The van der Waals surface area contributed by atoms with Crippen molar-refractivity contribution in [2.45, 2.75) is 70.2 Å². The van der Waals surface area contributed by atoms with E-state index in [1.807, 2.05) is 20.8 Å². The normalized spacial score (nSPS) is 33.6. The van der Waals surface area contributed by atoms with E-state index in [0.29, 0.717) is 12.8 Å². The highest BCUT2D eigenvalue weighted by atomic mass is 16.6. The summed E-state index contributed by atoms with van der Waals surface area (Å²) in [7, 11) is 0. The van der Waals surface area contributed by atoms with Crippen LogP contribution in [0.3, 0.4) is 0 Å². The third-order valence-electron chi connectivity index (χ3n) is 4.28. The molecule has 2 fully saturated rings. The monoisotopic (exact) mass is 298 g/mol. The van der Waals surface area contributed by atoms with Gasteiger partial charge in [0.1, 0.15) is 11.6 Å². The predicted molar refractivity (Wildman–Crippen MR) is 77.3 cm³/mol. The molecule has 2 aliphatic heterocycles. The number of aliphatic hydroxyl groups excluding tert-OH is 1. The minimum absolute atomic E-state index is 0.0132. The van der Waals surface area contributed by atoms with Crippen LogP contribution in [0.2, 0.25) is 0 Å². The fourth-order valence-electron chi connectivity index (χ4n) is 3.30.